The summed E-state index contributed by atoms with van der Waals surface area (Å²) in [5.41, 5.74) is 0.279. The van der Waals surface area contributed by atoms with Gasteiger partial charge in [-0.1, -0.05) is 0 Å². The van der Waals surface area contributed by atoms with E-state index in [-0.39, 0.29) is 23.0 Å². The zero-order chi connectivity index (χ0) is 9.14. The molecule has 0 aliphatic heterocycles. The van der Waals surface area contributed by atoms with Gasteiger partial charge in [0, 0.05) is 5.16 Å². The second kappa shape index (κ2) is 4.64. The predicted molar refractivity (Wildman–Crippen MR) is 44.8 cm³/mol. The van der Waals surface area contributed by atoms with E-state index in [1.165, 1.54) is 0 Å². The highest BCUT2D eigenvalue weighted by atomic mass is 35.5. The van der Waals surface area contributed by atoms with Crippen molar-refractivity contribution in [2.24, 2.45) is 0 Å². The minimum atomic E-state index is -0.0799. The summed E-state index contributed by atoms with van der Waals surface area (Å²) >= 11 is 0. The molecule has 0 fully saturated rings. The molecule has 72 valence electrons. The molecule has 1 rings (SSSR count). The van der Waals surface area contributed by atoms with Crippen molar-refractivity contribution in [3.05, 3.63) is 16.6 Å². The monoisotopic (exact) mass is 204 g/mol. The van der Waals surface area contributed by atoms with Crippen LogP contribution in [0.15, 0.2) is 4.63 Å². The van der Waals surface area contributed by atoms with Gasteiger partial charge in [0.2, 0.25) is 0 Å². The number of nitriles is 1. The fraction of sp³-hybridized carbons (Fsp3) is 0.500. The minimum Gasteiger partial charge on any atom is -0.358 e. The van der Waals surface area contributed by atoms with Crippen LogP contribution in [0.1, 0.15) is 11.4 Å². The molecular weight excluding hydrogens is 196 g/mol. The fourth-order valence-corrected chi connectivity index (χ4v) is 0.784. The molecule has 1 heterocycles. The van der Waals surface area contributed by atoms with Crippen molar-refractivity contribution in [3.63, 3.8) is 0 Å². The lowest BCUT2D eigenvalue weighted by molar-refractivity contribution is -0.804. The van der Waals surface area contributed by atoms with Crippen LogP contribution in [0.2, 0.25) is 0 Å². The summed E-state index contributed by atoms with van der Waals surface area (Å²) in [5, 5.41) is 22.6. The van der Waals surface area contributed by atoms with E-state index in [1.54, 1.807) is 11.0 Å². The second-order valence-electron chi connectivity index (χ2n) is 2.57. The molecule has 0 aliphatic rings. The summed E-state index contributed by atoms with van der Waals surface area (Å²) in [6, 6.07) is 1.72. The first-order valence-electron chi connectivity index (χ1n) is 3.28. The van der Waals surface area contributed by atoms with E-state index in [9.17, 15) is 5.21 Å². The van der Waals surface area contributed by atoms with Crippen molar-refractivity contribution < 1.29 is 9.53 Å². The van der Waals surface area contributed by atoms with Crippen molar-refractivity contribution in [3.8, 4) is 6.07 Å². The van der Waals surface area contributed by atoms with E-state index in [4.69, 9.17) is 5.26 Å². The Hall–Kier alpha value is -1.32. The molecule has 1 aromatic heterocycles. The van der Waals surface area contributed by atoms with Gasteiger partial charge in [-0.2, -0.15) is 5.26 Å². The highest BCUT2D eigenvalue weighted by molar-refractivity contribution is 5.85. The van der Waals surface area contributed by atoms with E-state index in [0.29, 0.717) is 12.2 Å². The molecule has 13 heavy (non-hydrogen) atoms. The Bertz CT molecular complexity index is 317. The van der Waals surface area contributed by atoms with Crippen LogP contribution in [0, 0.1) is 16.5 Å². The molecular formula is C6H9ClN4O2. The van der Waals surface area contributed by atoms with Gasteiger partial charge in [-0.3, -0.25) is 4.63 Å². The molecule has 7 heteroatoms. The van der Waals surface area contributed by atoms with Crippen LogP contribution < -0.4 is 4.90 Å². The number of halogens is 1. The van der Waals surface area contributed by atoms with Crippen molar-refractivity contribution in [2.45, 2.75) is 6.54 Å². The van der Waals surface area contributed by atoms with Crippen molar-refractivity contribution in [1.29, 1.82) is 5.26 Å². The predicted octanol–water partition coefficient (Wildman–Crippen LogP) is -0.337. The maximum absolute atomic E-state index is 10.7. The van der Waals surface area contributed by atoms with Gasteiger partial charge in [-0.25, -0.2) is 0 Å². The number of aromatic nitrogens is 2. The first-order chi connectivity index (χ1) is 5.65. The highest BCUT2D eigenvalue weighted by Gasteiger charge is 2.18. The topological polar surface area (TPSA) is 80.0 Å². The number of hydrogen-bond acceptors (Lipinski definition) is 5. The largest absolute Gasteiger partial charge is 0.358 e. The summed E-state index contributed by atoms with van der Waals surface area (Å²) in [4.78, 5) is 1.90. The zero-order valence-corrected chi connectivity index (χ0v) is 8.04. The van der Waals surface area contributed by atoms with Gasteiger partial charge >= 0.3 is 0 Å². The summed E-state index contributed by atoms with van der Waals surface area (Å²) in [6.07, 6.45) is 0. The first-order valence-corrected chi connectivity index (χ1v) is 3.28. The van der Waals surface area contributed by atoms with Gasteiger partial charge in [-0.15, -0.1) is 12.4 Å². The van der Waals surface area contributed by atoms with Crippen LogP contribution >= 0.6 is 12.4 Å². The summed E-state index contributed by atoms with van der Waals surface area (Å²) in [6.45, 7) is 0.418. The van der Waals surface area contributed by atoms with Crippen LogP contribution in [0.5, 0.6) is 0 Å². The van der Waals surface area contributed by atoms with Crippen molar-refractivity contribution in [1.82, 2.24) is 10.1 Å². The Morgan fingerprint density at radius 3 is 2.77 bits per heavy atom. The van der Waals surface area contributed by atoms with E-state index >= 15 is 0 Å². The van der Waals surface area contributed by atoms with Gasteiger partial charge in [0.05, 0.1) is 6.54 Å². The molecule has 0 atom stereocenters. The molecule has 6 nitrogen and oxygen atoms in total. The van der Waals surface area contributed by atoms with Crippen LogP contribution in [0.3, 0.4) is 0 Å². The Morgan fingerprint density at radius 2 is 2.31 bits per heavy atom. The average molecular weight is 205 g/mol. The SMILES string of the molecule is CN(C)Cc1no[n+]([O-])c1C#N.Cl. The fourth-order valence-electron chi connectivity index (χ4n) is 0.784. The standard InChI is InChI=1S/C6H8N4O2.ClH/c1-9(2)4-5-6(3-7)10(11)12-8-5;/h4H2,1-2H3;1H. The lowest BCUT2D eigenvalue weighted by atomic mass is 10.3. The third-order valence-corrected chi connectivity index (χ3v) is 1.25. The molecule has 0 bridgehead atoms. The van der Waals surface area contributed by atoms with Gasteiger partial charge in [0.1, 0.15) is 0 Å². The maximum atomic E-state index is 10.7. The Kier molecular flexibility index (Phi) is 4.17. The molecule has 0 unspecified atom stereocenters. The van der Waals surface area contributed by atoms with E-state index in [2.05, 4.69) is 9.79 Å². The normalized spacial score (nSPS) is 9.38. The Morgan fingerprint density at radius 1 is 1.69 bits per heavy atom. The third-order valence-electron chi connectivity index (χ3n) is 1.25. The summed E-state index contributed by atoms with van der Waals surface area (Å²) in [5.74, 6) is 0. The molecule has 0 saturated heterocycles. The van der Waals surface area contributed by atoms with Gasteiger partial charge in [0.15, 0.2) is 6.07 Å². The van der Waals surface area contributed by atoms with E-state index in [1.807, 2.05) is 14.1 Å². The van der Waals surface area contributed by atoms with Gasteiger partial charge in [-0.05, 0) is 19.0 Å². The average Bonchev–Trinajstić information content (AvgIpc) is 2.30. The number of hydrogen-bond donors (Lipinski definition) is 0. The van der Waals surface area contributed by atoms with Crippen molar-refractivity contribution >= 4 is 12.4 Å². The molecule has 0 radical (unpaired) electrons. The first kappa shape index (κ1) is 11.7. The zero-order valence-electron chi connectivity index (χ0n) is 7.22. The summed E-state index contributed by atoms with van der Waals surface area (Å²) < 4.78 is 4.25. The maximum Gasteiger partial charge on any atom is 0.299 e. The van der Waals surface area contributed by atoms with Gasteiger partial charge < -0.3 is 10.1 Å². The quantitative estimate of drug-likeness (QED) is 0.616. The van der Waals surface area contributed by atoms with E-state index in [0.717, 1.165) is 0 Å². The number of nitrogens with zero attached hydrogens (tertiary/aromatic N) is 4. The molecule has 0 amide bonds. The molecule has 0 N–H and O–H groups in total. The lowest BCUT2D eigenvalue weighted by Crippen LogP contribution is -2.27. The van der Waals surface area contributed by atoms with Crippen molar-refractivity contribution in [2.75, 3.05) is 14.1 Å². The molecule has 0 aromatic carbocycles. The third kappa shape index (κ3) is 2.57. The Balaban J connectivity index is 0.00000144. The second-order valence-corrected chi connectivity index (χ2v) is 2.57. The highest BCUT2D eigenvalue weighted by Crippen LogP contribution is 2.00. The van der Waals surface area contributed by atoms with Crippen LogP contribution in [-0.2, 0) is 6.54 Å². The van der Waals surface area contributed by atoms with E-state index < -0.39 is 0 Å². The van der Waals surface area contributed by atoms with Crippen LogP contribution in [0.4, 0.5) is 0 Å². The lowest BCUT2D eigenvalue weighted by Gasteiger charge is -2.02. The van der Waals surface area contributed by atoms with Gasteiger partial charge in [0.25, 0.3) is 11.4 Å². The number of rotatable bonds is 2. The molecule has 0 aliphatic carbocycles. The molecule has 0 saturated carbocycles. The smallest absolute Gasteiger partial charge is 0.299 e. The summed E-state index contributed by atoms with van der Waals surface area (Å²) in [7, 11) is 3.62. The molecule has 0 spiro atoms. The van der Waals surface area contributed by atoms with Crippen LogP contribution in [-0.4, -0.2) is 24.2 Å². The van der Waals surface area contributed by atoms with Crippen LogP contribution in [0.25, 0.3) is 0 Å². The Labute approximate surface area is 81.3 Å². The molecule has 1 aromatic rings. The minimum absolute atomic E-state index is 0.